The Morgan fingerprint density at radius 1 is 1.08 bits per heavy atom. The predicted octanol–water partition coefficient (Wildman–Crippen LogP) is 4.05. The molecule has 16 heteroatoms. The summed E-state index contributed by atoms with van der Waals surface area (Å²) < 4.78 is 68.8. The van der Waals surface area contributed by atoms with Crippen LogP contribution in [0.3, 0.4) is 0 Å². The van der Waals surface area contributed by atoms with Crippen LogP contribution in [0.25, 0.3) is 0 Å². The van der Waals surface area contributed by atoms with Crippen LogP contribution in [-0.4, -0.2) is 77.0 Å². The van der Waals surface area contributed by atoms with E-state index in [1.165, 1.54) is 0 Å². The Labute approximate surface area is 216 Å². The zero-order chi connectivity index (χ0) is 28.7. The number of likely N-dealkylation sites (tertiary alicyclic amines) is 1. The maximum absolute atomic E-state index is 13.0. The number of aliphatic carboxylic acids is 2. The van der Waals surface area contributed by atoms with Gasteiger partial charge in [0, 0.05) is 36.8 Å². The summed E-state index contributed by atoms with van der Waals surface area (Å²) in [5.41, 5.74) is 1.92. The molecule has 2 aliphatic heterocycles. The molecule has 4 heterocycles. The molecule has 2 saturated heterocycles. The van der Waals surface area contributed by atoms with E-state index in [1.807, 2.05) is 28.5 Å². The first kappa shape index (κ1) is 30.8. The Hall–Kier alpha value is -3.40. The Morgan fingerprint density at radius 2 is 1.66 bits per heavy atom. The molecule has 2 N–H and O–H groups in total. The number of carboxylic acids is 2. The highest BCUT2D eigenvalue weighted by atomic mass is 32.1. The minimum Gasteiger partial charge on any atom is -0.481 e. The van der Waals surface area contributed by atoms with Gasteiger partial charge in [-0.2, -0.15) is 37.7 Å². The SMILES string of the molecule is COc1ncccc1CN1CCC2(CCN(c3ccsc3)C2=O)C1.O=C(O)C(F)(F)F.O=C(O)C(F)(F)F. The number of amides is 1. The van der Waals surface area contributed by atoms with E-state index in [0.717, 1.165) is 50.3 Å². The highest BCUT2D eigenvalue weighted by Crippen LogP contribution is 2.43. The number of nitrogens with zero attached hydrogens (tertiary/aromatic N) is 3. The fourth-order valence-corrected chi connectivity index (χ4v) is 4.56. The molecule has 1 unspecified atom stereocenters. The van der Waals surface area contributed by atoms with Gasteiger partial charge in [0.25, 0.3) is 0 Å². The standard InChI is InChI=1S/C18H21N3O2S.2C2HF3O2/c1-23-16-14(3-2-7-19-16)11-20-8-5-18(13-20)6-9-21(17(18)22)15-4-10-24-12-15;2*3-2(4,5)1(6)7/h2-4,7,10,12H,5-6,8-9,11,13H2,1H3;2*(H,6,7). The van der Waals surface area contributed by atoms with Crippen LogP contribution in [0.1, 0.15) is 18.4 Å². The molecule has 0 aromatic carbocycles. The summed E-state index contributed by atoms with van der Waals surface area (Å²) >= 11 is 1.64. The average Bonchev–Trinajstić information content (AvgIpc) is 3.56. The molecule has 1 atom stereocenters. The van der Waals surface area contributed by atoms with E-state index < -0.39 is 24.3 Å². The average molecular weight is 571 g/mol. The summed E-state index contributed by atoms with van der Waals surface area (Å²) in [7, 11) is 1.65. The maximum atomic E-state index is 13.0. The minimum atomic E-state index is -5.08. The van der Waals surface area contributed by atoms with E-state index in [0.29, 0.717) is 11.8 Å². The molecule has 1 amide bonds. The quantitative estimate of drug-likeness (QED) is 0.528. The van der Waals surface area contributed by atoms with Crippen LogP contribution in [0.4, 0.5) is 32.0 Å². The fraction of sp³-hybridized carbons (Fsp3) is 0.455. The zero-order valence-electron chi connectivity index (χ0n) is 19.8. The first-order chi connectivity index (χ1) is 17.6. The van der Waals surface area contributed by atoms with Gasteiger partial charge in [-0.1, -0.05) is 6.07 Å². The molecule has 0 radical (unpaired) electrons. The molecule has 210 valence electrons. The largest absolute Gasteiger partial charge is 0.490 e. The van der Waals surface area contributed by atoms with Crippen LogP contribution in [0.2, 0.25) is 0 Å². The smallest absolute Gasteiger partial charge is 0.481 e. The number of halogens is 6. The Morgan fingerprint density at radius 3 is 2.16 bits per heavy atom. The predicted molar refractivity (Wildman–Crippen MR) is 122 cm³/mol. The summed E-state index contributed by atoms with van der Waals surface area (Å²) in [6.07, 6.45) is -6.54. The normalized spacial score (nSPS) is 19.4. The minimum absolute atomic E-state index is 0.211. The molecule has 4 rings (SSSR count). The number of carbonyl (C=O) groups is 3. The van der Waals surface area contributed by atoms with Gasteiger partial charge in [-0.3, -0.25) is 9.69 Å². The Balaban J connectivity index is 0.000000301. The fourth-order valence-electron chi connectivity index (χ4n) is 3.92. The third-order valence-electron chi connectivity index (χ3n) is 5.69. The number of rotatable bonds is 4. The molecule has 2 aromatic heterocycles. The molecular formula is C22H23F6N3O6S. The summed E-state index contributed by atoms with van der Waals surface area (Å²) in [6, 6.07) is 6.02. The van der Waals surface area contributed by atoms with Crippen molar-refractivity contribution in [2.24, 2.45) is 5.41 Å². The van der Waals surface area contributed by atoms with Gasteiger partial charge in [-0.15, -0.1) is 0 Å². The lowest BCUT2D eigenvalue weighted by Crippen LogP contribution is -2.36. The van der Waals surface area contributed by atoms with Crippen molar-refractivity contribution >= 4 is 34.9 Å². The van der Waals surface area contributed by atoms with Crippen molar-refractivity contribution in [3.8, 4) is 5.88 Å². The van der Waals surface area contributed by atoms with Crippen LogP contribution in [0.5, 0.6) is 5.88 Å². The number of pyridine rings is 1. The summed E-state index contributed by atoms with van der Waals surface area (Å²) in [6.45, 7) is 3.38. The number of alkyl halides is 6. The van der Waals surface area contributed by atoms with E-state index in [9.17, 15) is 31.1 Å². The maximum Gasteiger partial charge on any atom is 0.490 e. The van der Waals surface area contributed by atoms with Crippen LogP contribution in [0, 0.1) is 5.41 Å². The van der Waals surface area contributed by atoms with Gasteiger partial charge < -0.3 is 19.8 Å². The van der Waals surface area contributed by atoms with Crippen LogP contribution in [0.15, 0.2) is 35.2 Å². The van der Waals surface area contributed by atoms with E-state index in [4.69, 9.17) is 24.5 Å². The molecule has 0 bridgehead atoms. The van der Waals surface area contributed by atoms with Crippen molar-refractivity contribution in [2.75, 3.05) is 31.6 Å². The number of methoxy groups -OCH3 is 1. The molecular weight excluding hydrogens is 548 g/mol. The van der Waals surface area contributed by atoms with Crippen molar-refractivity contribution in [1.82, 2.24) is 9.88 Å². The zero-order valence-corrected chi connectivity index (χ0v) is 20.6. The number of carboxylic acid groups (broad SMARTS) is 2. The molecule has 38 heavy (non-hydrogen) atoms. The van der Waals surface area contributed by atoms with Gasteiger partial charge in [0.05, 0.1) is 18.2 Å². The lowest BCUT2D eigenvalue weighted by molar-refractivity contribution is -0.193. The van der Waals surface area contributed by atoms with Crippen LogP contribution in [-0.2, 0) is 20.9 Å². The van der Waals surface area contributed by atoms with Gasteiger partial charge in [-0.05, 0) is 36.9 Å². The first-order valence-corrected chi connectivity index (χ1v) is 11.7. The third kappa shape index (κ3) is 8.05. The number of anilines is 1. The van der Waals surface area contributed by atoms with E-state index >= 15 is 0 Å². The van der Waals surface area contributed by atoms with Crippen molar-refractivity contribution < 1.29 is 55.7 Å². The topological polar surface area (TPSA) is 120 Å². The van der Waals surface area contributed by atoms with E-state index in [-0.39, 0.29) is 5.41 Å². The second-order valence-corrected chi connectivity index (χ2v) is 8.99. The van der Waals surface area contributed by atoms with Gasteiger partial charge >= 0.3 is 24.3 Å². The summed E-state index contributed by atoms with van der Waals surface area (Å²) in [4.78, 5) is 39.4. The lowest BCUT2D eigenvalue weighted by atomic mass is 9.85. The Kier molecular flexibility index (Phi) is 10.1. The van der Waals surface area contributed by atoms with Crippen molar-refractivity contribution in [1.29, 1.82) is 0 Å². The highest BCUT2D eigenvalue weighted by molar-refractivity contribution is 7.08. The number of aromatic nitrogens is 1. The monoisotopic (exact) mass is 571 g/mol. The molecule has 0 saturated carbocycles. The second kappa shape index (κ2) is 12.4. The number of hydrogen-bond acceptors (Lipinski definition) is 7. The number of ether oxygens (including phenoxy) is 1. The number of hydrogen-bond donors (Lipinski definition) is 2. The van der Waals surface area contributed by atoms with Gasteiger partial charge in [0.15, 0.2) is 0 Å². The molecule has 9 nitrogen and oxygen atoms in total. The van der Waals surface area contributed by atoms with Crippen LogP contribution >= 0.6 is 11.3 Å². The lowest BCUT2D eigenvalue weighted by Gasteiger charge is -2.23. The summed E-state index contributed by atoms with van der Waals surface area (Å²) in [5, 5.41) is 18.3. The van der Waals surface area contributed by atoms with E-state index in [1.54, 1.807) is 24.6 Å². The number of carbonyl (C=O) groups excluding carboxylic acids is 1. The van der Waals surface area contributed by atoms with Crippen molar-refractivity contribution in [3.05, 3.63) is 40.7 Å². The van der Waals surface area contributed by atoms with Gasteiger partial charge in [0.1, 0.15) is 0 Å². The van der Waals surface area contributed by atoms with Crippen LogP contribution < -0.4 is 9.64 Å². The second-order valence-electron chi connectivity index (χ2n) is 8.21. The van der Waals surface area contributed by atoms with Gasteiger partial charge in [-0.25, -0.2) is 14.6 Å². The first-order valence-electron chi connectivity index (χ1n) is 10.8. The van der Waals surface area contributed by atoms with Crippen molar-refractivity contribution in [3.63, 3.8) is 0 Å². The molecule has 2 fully saturated rings. The van der Waals surface area contributed by atoms with Gasteiger partial charge in [0.2, 0.25) is 11.8 Å². The number of thiophene rings is 1. The molecule has 2 aliphatic rings. The Bertz CT molecular complexity index is 1090. The molecule has 1 spiro atoms. The van der Waals surface area contributed by atoms with Crippen molar-refractivity contribution in [2.45, 2.75) is 31.7 Å². The third-order valence-corrected chi connectivity index (χ3v) is 6.36. The molecule has 0 aliphatic carbocycles. The molecule has 2 aromatic rings. The highest BCUT2D eigenvalue weighted by Gasteiger charge is 2.51. The van der Waals surface area contributed by atoms with E-state index in [2.05, 4.69) is 15.3 Å². The summed E-state index contributed by atoms with van der Waals surface area (Å²) in [5.74, 6) is -4.54.